The molecule has 80 valence electrons. The summed E-state index contributed by atoms with van der Waals surface area (Å²) >= 11 is 0. The van der Waals surface area contributed by atoms with E-state index in [0.717, 1.165) is 11.3 Å². The average molecular weight is 208 g/mol. The molecule has 0 aliphatic carbocycles. The third kappa shape index (κ3) is 1.75. The molecule has 0 unspecified atom stereocenters. The van der Waals surface area contributed by atoms with Crippen LogP contribution < -0.4 is 5.73 Å². The van der Waals surface area contributed by atoms with Crippen molar-refractivity contribution in [2.24, 2.45) is 5.73 Å². The van der Waals surface area contributed by atoms with Gasteiger partial charge in [-0.15, -0.1) is 0 Å². The van der Waals surface area contributed by atoms with E-state index in [4.69, 9.17) is 14.8 Å². The summed E-state index contributed by atoms with van der Waals surface area (Å²) in [6, 6.07) is 0. The first-order valence-corrected chi connectivity index (χ1v) is 4.68. The minimum Gasteiger partial charge on any atom is -0.361 e. The zero-order valence-corrected chi connectivity index (χ0v) is 8.65. The van der Waals surface area contributed by atoms with Crippen LogP contribution in [0, 0.1) is 13.8 Å². The standard InChI is InChI=1S/C9H12N4O2/c1-5-6(2)14-13-8(5)9-11-7(3-4-10)12-15-9/h3-4,10H2,1-2H3. The first-order chi connectivity index (χ1) is 7.22. The molecule has 2 aromatic heterocycles. The molecule has 2 N–H and O–H groups in total. The molecule has 0 fully saturated rings. The second-order valence-corrected chi connectivity index (χ2v) is 3.27. The summed E-state index contributed by atoms with van der Waals surface area (Å²) in [4.78, 5) is 4.16. The first kappa shape index (κ1) is 9.85. The molecule has 6 nitrogen and oxygen atoms in total. The number of aryl methyl sites for hydroxylation is 1. The number of nitrogens with two attached hydrogens (primary N) is 1. The van der Waals surface area contributed by atoms with Gasteiger partial charge < -0.3 is 14.8 Å². The number of hydrogen-bond acceptors (Lipinski definition) is 6. The van der Waals surface area contributed by atoms with E-state index in [0.29, 0.717) is 30.4 Å². The molecule has 0 radical (unpaired) electrons. The van der Waals surface area contributed by atoms with E-state index in [2.05, 4.69) is 15.3 Å². The van der Waals surface area contributed by atoms with E-state index < -0.39 is 0 Å². The van der Waals surface area contributed by atoms with Gasteiger partial charge in [-0.3, -0.25) is 0 Å². The topological polar surface area (TPSA) is 91.0 Å². The highest BCUT2D eigenvalue weighted by molar-refractivity contribution is 5.52. The Morgan fingerprint density at radius 1 is 1.20 bits per heavy atom. The maximum atomic E-state index is 5.39. The first-order valence-electron chi connectivity index (χ1n) is 4.68. The Labute approximate surface area is 86.4 Å². The van der Waals surface area contributed by atoms with Gasteiger partial charge >= 0.3 is 0 Å². The van der Waals surface area contributed by atoms with Crippen molar-refractivity contribution in [1.29, 1.82) is 0 Å². The van der Waals surface area contributed by atoms with Gasteiger partial charge in [-0.1, -0.05) is 10.3 Å². The van der Waals surface area contributed by atoms with Crippen molar-refractivity contribution in [2.75, 3.05) is 6.54 Å². The molecule has 0 aliphatic heterocycles. The van der Waals surface area contributed by atoms with Crippen LogP contribution in [0.4, 0.5) is 0 Å². The van der Waals surface area contributed by atoms with Crippen LogP contribution in [0.15, 0.2) is 9.05 Å². The van der Waals surface area contributed by atoms with Gasteiger partial charge in [0.15, 0.2) is 11.5 Å². The van der Waals surface area contributed by atoms with E-state index in [-0.39, 0.29) is 0 Å². The molecular weight excluding hydrogens is 196 g/mol. The fourth-order valence-electron chi connectivity index (χ4n) is 1.20. The molecule has 0 amide bonds. The maximum Gasteiger partial charge on any atom is 0.280 e. The van der Waals surface area contributed by atoms with Crippen molar-refractivity contribution in [2.45, 2.75) is 20.3 Å². The van der Waals surface area contributed by atoms with Crippen molar-refractivity contribution in [3.05, 3.63) is 17.1 Å². The lowest BCUT2D eigenvalue weighted by molar-refractivity contribution is 0.388. The number of rotatable bonds is 3. The second-order valence-electron chi connectivity index (χ2n) is 3.27. The number of aromatic nitrogens is 3. The van der Waals surface area contributed by atoms with E-state index in [1.54, 1.807) is 0 Å². The van der Waals surface area contributed by atoms with Crippen LogP contribution in [0.5, 0.6) is 0 Å². The van der Waals surface area contributed by atoms with Gasteiger partial charge in [-0.05, 0) is 20.4 Å². The van der Waals surface area contributed by atoms with Crippen molar-refractivity contribution in [1.82, 2.24) is 15.3 Å². The highest BCUT2D eigenvalue weighted by atomic mass is 16.5. The van der Waals surface area contributed by atoms with E-state index in [9.17, 15) is 0 Å². The van der Waals surface area contributed by atoms with Crippen LogP contribution in [-0.2, 0) is 6.42 Å². The SMILES string of the molecule is Cc1onc(-c2nc(CCN)no2)c1C. The molecular formula is C9H12N4O2. The van der Waals surface area contributed by atoms with Gasteiger partial charge in [0.05, 0.1) is 0 Å². The van der Waals surface area contributed by atoms with Crippen LogP contribution in [0.2, 0.25) is 0 Å². The van der Waals surface area contributed by atoms with E-state index >= 15 is 0 Å². The van der Waals surface area contributed by atoms with Crippen molar-refractivity contribution in [3.8, 4) is 11.6 Å². The zero-order valence-electron chi connectivity index (χ0n) is 8.65. The highest BCUT2D eigenvalue weighted by Gasteiger charge is 2.16. The van der Waals surface area contributed by atoms with Crippen LogP contribution in [-0.4, -0.2) is 21.8 Å². The Bertz CT molecular complexity index is 460. The van der Waals surface area contributed by atoms with Gasteiger partial charge in [0.1, 0.15) is 5.76 Å². The summed E-state index contributed by atoms with van der Waals surface area (Å²) in [6.45, 7) is 4.23. The summed E-state index contributed by atoms with van der Waals surface area (Å²) in [5.74, 6) is 1.73. The Hall–Kier alpha value is -1.69. The van der Waals surface area contributed by atoms with Gasteiger partial charge in [-0.25, -0.2) is 0 Å². The molecule has 2 aromatic rings. The van der Waals surface area contributed by atoms with Gasteiger partial charge in [0.25, 0.3) is 5.89 Å². The van der Waals surface area contributed by atoms with Crippen LogP contribution in [0.1, 0.15) is 17.1 Å². The Kier molecular flexibility index (Phi) is 2.51. The minimum absolute atomic E-state index is 0.382. The molecule has 0 saturated heterocycles. The van der Waals surface area contributed by atoms with Crippen LogP contribution >= 0.6 is 0 Å². The normalized spacial score (nSPS) is 10.9. The molecule has 2 heterocycles. The fourth-order valence-corrected chi connectivity index (χ4v) is 1.20. The molecule has 0 spiro atoms. The smallest absolute Gasteiger partial charge is 0.280 e. The average Bonchev–Trinajstić information content (AvgIpc) is 2.77. The molecule has 2 rings (SSSR count). The lowest BCUT2D eigenvalue weighted by atomic mass is 10.2. The molecule has 0 saturated carbocycles. The predicted molar refractivity (Wildman–Crippen MR) is 52.0 cm³/mol. The highest BCUT2D eigenvalue weighted by Crippen LogP contribution is 2.22. The lowest BCUT2D eigenvalue weighted by Gasteiger charge is -1.87. The van der Waals surface area contributed by atoms with Gasteiger partial charge in [0.2, 0.25) is 0 Å². The quantitative estimate of drug-likeness (QED) is 0.803. The van der Waals surface area contributed by atoms with Gasteiger partial charge in [0, 0.05) is 12.0 Å². The molecule has 0 aliphatic rings. The second kappa shape index (κ2) is 3.82. The molecule has 0 atom stereocenters. The summed E-state index contributed by atoms with van der Waals surface area (Å²) < 4.78 is 10.1. The Morgan fingerprint density at radius 2 is 2.00 bits per heavy atom. The van der Waals surface area contributed by atoms with E-state index in [1.165, 1.54) is 0 Å². The monoisotopic (exact) mass is 208 g/mol. The zero-order chi connectivity index (χ0) is 10.8. The van der Waals surface area contributed by atoms with Crippen molar-refractivity contribution in [3.63, 3.8) is 0 Å². The summed E-state index contributed by atoms with van der Waals surface area (Å²) in [5, 5.41) is 7.64. The van der Waals surface area contributed by atoms with E-state index in [1.807, 2.05) is 13.8 Å². The van der Waals surface area contributed by atoms with Gasteiger partial charge in [-0.2, -0.15) is 4.98 Å². The Morgan fingerprint density at radius 3 is 2.60 bits per heavy atom. The Balaban J connectivity index is 2.33. The fraction of sp³-hybridized carbons (Fsp3) is 0.444. The predicted octanol–water partition coefficient (Wildman–Crippen LogP) is 0.843. The van der Waals surface area contributed by atoms with Crippen molar-refractivity contribution >= 4 is 0 Å². The molecule has 0 aromatic carbocycles. The van der Waals surface area contributed by atoms with Crippen LogP contribution in [0.25, 0.3) is 11.6 Å². The van der Waals surface area contributed by atoms with Crippen molar-refractivity contribution < 1.29 is 9.05 Å². The van der Waals surface area contributed by atoms with Crippen LogP contribution in [0.3, 0.4) is 0 Å². The lowest BCUT2D eigenvalue weighted by Crippen LogP contribution is -2.03. The summed E-state index contributed by atoms with van der Waals surface area (Å²) in [7, 11) is 0. The maximum absolute atomic E-state index is 5.39. The third-order valence-electron chi connectivity index (χ3n) is 2.20. The largest absolute Gasteiger partial charge is 0.361 e. The third-order valence-corrected chi connectivity index (χ3v) is 2.20. The molecule has 15 heavy (non-hydrogen) atoms. The number of hydrogen-bond donors (Lipinski definition) is 1. The molecule has 0 bridgehead atoms. The molecule has 6 heteroatoms. The summed E-state index contributed by atoms with van der Waals surface area (Å²) in [6.07, 6.45) is 0.597. The number of nitrogens with zero attached hydrogens (tertiary/aromatic N) is 3. The summed E-state index contributed by atoms with van der Waals surface area (Å²) in [5.41, 5.74) is 6.90. The minimum atomic E-state index is 0.382.